The molecule has 0 unspecified atom stereocenters. The fraction of sp³-hybridized carbons (Fsp3) is 0. The first-order valence-corrected chi connectivity index (χ1v) is 0.743. The van der Waals surface area contributed by atoms with E-state index in [-0.39, 0.29) is 18.9 Å². The van der Waals surface area contributed by atoms with Crippen molar-refractivity contribution >= 4 is 6.03 Å². The van der Waals surface area contributed by atoms with Crippen molar-refractivity contribution in [1.29, 1.82) is 0 Å². The summed E-state index contributed by atoms with van der Waals surface area (Å²) in [5.41, 5.74) is 9.86. The van der Waals surface area contributed by atoms with Gasteiger partial charge in [-0.2, -0.15) is 0 Å². The summed E-state index contributed by atoms with van der Waals surface area (Å²) in [6.45, 7) is 0. The van der Waals surface area contributed by atoms with Gasteiger partial charge in [0, 0.05) is 0 Å². The second-order valence-corrected chi connectivity index (χ2v) is 0.364. The summed E-state index contributed by atoms with van der Waals surface area (Å²) in [5.74, 6) is 0. The van der Waals surface area contributed by atoms with Gasteiger partial charge in [0.15, 0.2) is 0 Å². The number of carbonyl (C=O) groups excluding carboxylic acids is 1. The summed E-state index contributed by atoms with van der Waals surface area (Å²) < 4.78 is 0. The van der Waals surface area contributed by atoms with E-state index in [0.29, 0.717) is 0 Å². The maximum atomic E-state index is 8.89. The molecule has 5 heavy (non-hydrogen) atoms. The van der Waals surface area contributed by atoms with Crippen LogP contribution in [0.3, 0.4) is 0 Å². The number of carbonyl (C=O) groups is 1. The summed E-state index contributed by atoms with van der Waals surface area (Å²) >= 11 is 0. The Morgan fingerprint density at radius 3 is 1.80 bits per heavy atom. The standard InChI is InChI=1S/CH4N2O.Li/c2-1(3)4;/h(H4,2,3,4);/q;+1/p-1. The summed E-state index contributed by atoms with van der Waals surface area (Å²) in [6.07, 6.45) is 0. The van der Waals surface area contributed by atoms with Gasteiger partial charge in [-0.1, -0.05) is 0 Å². The molecule has 0 aliphatic carbocycles. The van der Waals surface area contributed by atoms with Crippen LogP contribution in [-0.2, 0) is 0 Å². The van der Waals surface area contributed by atoms with Gasteiger partial charge in [-0.15, -0.1) is 0 Å². The third kappa shape index (κ3) is 767. The molecule has 0 aliphatic rings. The maximum absolute atomic E-state index is 8.89. The molecule has 0 aliphatic heterocycles. The van der Waals surface area contributed by atoms with Gasteiger partial charge >= 0.3 is 18.9 Å². The SMILES string of the molecule is [Li+].[NH-]C(N)=O. The van der Waals surface area contributed by atoms with Crippen LogP contribution in [0.4, 0.5) is 4.79 Å². The Kier molecular flexibility index (Phi) is 6.85. The first-order chi connectivity index (χ1) is 1.73. The molecular formula is CH3LiN2O. The molecule has 0 aromatic heterocycles. The van der Waals surface area contributed by atoms with Gasteiger partial charge in [0.2, 0.25) is 0 Å². The van der Waals surface area contributed by atoms with Gasteiger partial charge in [0.25, 0.3) is 0 Å². The number of primary amides is 1. The van der Waals surface area contributed by atoms with Crippen molar-refractivity contribution in [2.24, 2.45) is 5.73 Å². The van der Waals surface area contributed by atoms with Gasteiger partial charge in [0.1, 0.15) is 6.03 Å². The zero-order chi connectivity index (χ0) is 3.58. The Hall–Kier alpha value is -0.133. The zero-order valence-electron chi connectivity index (χ0n) is 2.99. The van der Waals surface area contributed by atoms with Crippen molar-refractivity contribution in [3.05, 3.63) is 5.73 Å². The molecule has 24 valence electrons. The molecule has 0 saturated carbocycles. The number of hydrogen-bond donors (Lipinski definition) is 1. The van der Waals surface area contributed by atoms with Crippen molar-refractivity contribution in [3.8, 4) is 0 Å². The van der Waals surface area contributed by atoms with Crippen molar-refractivity contribution in [3.63, 3.8) is 0 Å². The van der Waals surface area contributed by atoms with Gasteiger partial charge < -0.3 is 11.5 Å². The van der Waals surface area contributed by atoms with Gasteiger partial charge in [0.05, 0.1) is 0 Å². The average molecular weight is 66.0 g/mol. The van der Waals surface area contributed by atoms with Crippen LogP contribution in [0.15, 0.2) is 0 Å². The number of nitrogens with one attached hydrogen (secondary N) is 1. The van der Waals surface area contributed by atoms with Crippen LogP contribution in [0.1, 0.15) is 0 Å². The minimum atomic E-state index is -1.08. The Morgan fingerprint density at radius 1 is 1.80 bits per heavy atom. The van der Waals surface area contributed by atoms with E-state index in [1.807, 2.05) is 0 Å². The smallest absolute Gasteiger partial charge is 0.463 e. The molecule has 0 bridgehead atoms. The quantitative estimate of drug-likeness (QED) is 0.303. The number of nitrogens with two attached hydrogens (primary N) is 1. The minimum Gasteiger partial charge on any atom is -0.463 e. The van der Waals surface area contributed by atoms with E-state index in [4.69, 9.17) is 10.5 Å². The van der Waals surface area contributed by atoms with E-state index in [0.717, 1.165) is 0 Å². The third-order valence-electron chi connectivity index (χ3n) is 0. The molecule has 3 nitrogen and oxygen atoms in total. The number of rotatable bonds is 0. The monoisotopic (exact) mass is 66.0 g/mol. The van der Waals surface area contributed by atoms with Crippen molar-refractivity contribution < 1.29 is 23.7 Å². The Labute approximate surface area is 41.9 Å². The van der Waals surface area contributed by atoms with Crippen molar-refractivity contribution in [2.75, 3.05) is 0 Å². The summed E-state index contributed by atoms with van der Waals surface area (Å²) in [6, 6.07) is -1.08. The molecule has 0 saturated heterocycles. The topological polar surface area (TPSA) is 66.9 Å². The molecule has 0 rings (SSSR count). The largest absolute Gasteiger partial charge is 1.00 e. The van der Waals surface area contributed by atoms with E-state index in [1.165, 1.54) is 0 Å². The first-order valence-electron chi connectivity index (χ1n) is 0.743. The second kappa shape index (κ2) is 3.87. The number of urea groups is 1. The van der Waals surface area contributed by atoms with Gasteiger partial charge in [-0.25, -0.2) is 0 Å². The Balaban J connectivity index is 0. The van der Waals surface area contributed by atoms with Crippen LogP contribution in [0.5, 0.6) is 0 Å². The molecule has 0 atom stereocenters. The molecule has 0 fully saturated rings. The molecule has 3 N–H and O–H groups in total. The van der Waals surface area contributed by atoms with Crippen LogP contribution in [0, 0.1) is 0 Å². The zero-order valence-corrected chi connectivity index (χ0v) is 2.99. The predicted molar refractivity (Wildman–Crippen MR) is 13.9 cm³/mol. The average Bonchev–Trinajstić information content (AvgIpc) is 0.811. The van der Waals surface area contributed by atoms with Crippen LogP contribution < -0.4 is 24.6 Å². The number of hydrogen-bond acceptors (Lipinski definition) is 1. The summed E-state index contributed by atoms with van der Waals surface area (Å²) in [5, 5.41) is 0. The normalized spacial score (nSPS) is 4.80. The van der Waals surface area contributed by atoms with Gasteiger partial charge in [-0.05, 0) is 0 Å². The first kappa shape index (κ1) is 8.85. The van der Waals surface area contributed by atoms with Gasteiger partial charge in [-0.3, -0.25) is 4.79 Å². The van der Waals surface area contributed by atoms with Crippen molar-refractivity contribution in [2.45, 2.75) is 0 Å². The summed E-state index contributed by atoms with van der Waals surface area (Å²) in [4.78, 5) is 8.89. The molecule has 0 aromatic carbocycles. The molecule has 0 aromatic rings. The predicted octanol–water partition coefficient (Wildman–Crippen LogP) is -2.88. The van der Waals surface area contributed by atoms with Crippen LogP contribution >= 0.6 is 0 Å². The maximum Gasteiger partial charge on any atom is 1.00 e. The van der Waals surface area contributed by atoms with E-state index in [2.05, 4.69) is 5.73 Å². The van der Waals surface area contributed by atoms with Crippen LogP contribution in [0.25, 0.3) is 5.73 Å². The fourth-order valence-corrected chi connectivity index (χ4v) is 0. The molecule has 0 heterocycles. The van der Waals surface area contributed by atoms with Crippen LogP contribution in [0.2, 0.25) is 0 Å². The number of amides is 2. The van der Waals surface area contributed by atoms with E-state index in [9.17, 15) is 0 Å². The van der Waals surface area contributed by atoms with Crippen molar-refractivity contribution in [1.82, 2.24) is 0 Å². The minimum absolute atomic E-state index is 0. The second-order valence-electron chi connectivity index (χ2n) is 0.364. The third-order valence-corrected chi connectivity index (χ3v) is 0. The Morgan fingerprint density at radius 2 is 1.80 bits per heavy atom. The van der Waals surface area contributed by atoms with Crippen LogP contribution in [-0.4, -0.2) is 6.03 Å². The van der Waals surface area contributed by atoms with E-state index >= 15 is 0 Å². The molecular weight excluding hydrogens is 63.0 g/mol. The molecule has 0 spiro atoms. The van der Waals surface area contributed by atoms with E-state index < -0.39 is 6.03 Å². The van der Waals surface area contributed by atoms with E-state index in [1.54, 1.807) is 0 Å². The fourth-order valence-electron chi connectivity index (χ4n) is 0. The summed E-state index contributed by atoms with van der Waals surface area (Å²) in [7, 11) is 0. The molecule has 4 heteroatoms. The molecule has 2 amide bonds. The Bertz CT molecular complexity index is 32.6. The molecule has 0 radical (unpaired) electrons.